The summed E-state index contributed by atoms with van der Waals surface area (Å²) >= 11 is 0. The second-order valence-corrected chi connectivity index (χ2v) is 8.09. The standard InChI is InChI=1S/C22H35N7.HI/c1-5-23-21(28(3)15-20-25-17-26-29(20)4)24-16-22(13-9-10-14-22)27-18(2)19-11-7-6-8-12-19;/h6-8,11-12,17-18,27H,5,9-10,13-16H2,1-4H3,(H,23,24);1H. The number of hydrogen-bond donors (Lipinski definition) is 2. The quantitative estimate of drug-likeness (QED) is 0.314. The molecule has 8 heteroatoms. The van der Waals surface area contributed by atoms with Crippen molar-refractivity contribution in [2.45, 2.75) is 57.7 Å². The Kier molecular flexibility index (Phi) is 9.54. The summed E-state index contributed by atoms with van der Waals surface area (Å²) < 4.78 is 1.81. The molecule has 30 heavy (non-hydrogen) atoms. The summed E-state index contributed by atoms with van der Waals surface area (Å²) in [6.07, 6.45) is 6.44. The highest BCUT2D eigenvalue weighted by Crippen LogP contribution is 2.32. The Morgan fingerprint density at radius 3 is 2.57 bits per heavy atom. The van der Waals surface area contributed by atoms with Crippen LogP contribution in [0.5, 0.6) is 0 Å². The van der Waals surface area contributed by atoms with Crippen LogP contribution in [0.15, 0.2) is 41.7 Å². The SMILES string of the molecule is CCNC(=NCC1(NC(C)c2ccccc2)CCCC1)N(C)Cc1ncnn1C.I. The van der Waals surface area contributed by atoms with Crippen LogP contribution in [0.4, 0.5) is 0 Å². The molecule has 2 N–H and O–H groups in total. The minimum Gasteiger partial charge on any atom is -0.357 e. The zero-order valence-electron chi connectivity index (χ0n) is 18.6. The van der Waals surface area contributed by atoms with Crippen LogP contribution in [0.25, 0.3) is 0 Å². The van der Waals surface area contributed by atoms with Crippen molar-refractivity contribution in [1.29, 1.82) is 0 Å². The number of aryl methyl sites for hydroxylation is 1. The maximum atomic E-state index is 5.04. The van der Waals surface area contributed by atoms with Crippen LogP contribution < -0.4 is 10.6 Å². The van der Waals surface area contributed by atoms with E-state index >= 15 is 0 Å². The lowest BCUT2D eigenvalue weighted by molar-refractivity contribution is 0.305. The van der Waals surface area contributed by atoms with Gasteiger partial charge in [0.2, 0.25) is 0 Å². The van der Waals surface area contributed by atoms with E-state index in [1.807, 2.05) is 11.7 Å². The first-order chi connectivity index (χ1) is 14.0. The van der Waals surface area contributed by atoms with Crippen LogP contribution in [-0.2, 0) is 13.6 Å². The Bertz CT molecular complexity index is 784. The summed E-state index contributed by atoms with van der Waals surface area (Å²) in [6.45, 7) is 6.64. The zero-order chi connectivity index (χ0) is 20.7. The van der Waals surface area contributed by atoms with Gasteiger partial charge < -0.3 is 15.5 Å². The number of rotatable bonds is 8. The fourth-order valence-corrected chi connectivity index (χ4v) is 4.13. The average Bonchev–Trinajstić information content (AvgIpc) is 3.35. The van der Waals surface area contributed by atoms with Crippen molar-refractivity contribution in [2.24, 2.45) is 12.0 Å². The monoisotopic (exact) mass is 525 g/mol. The molecule has 1 fully saturated rings. The lowest BCUT2D eigenvalue weighted by atomic mass is 9.95. The molecular weight excluding hydrogens is 489 g/mol. The van der Waals surface area contributed by atoms with Crippen molar-refractivity contribution in [3.8, 4) is 0 Å². The number of aliphatic imine (C=N–C) groups is 1. The molecular formula is C22H36IN7. The molecule has 0 radical (unpaired) electrons. The lowest BCUT2D eigenvalue weighted by Gasteiger charge is -2.33. The first-order valence-corrected chi connectivity index (χ1v) is 10.7. The van der Waals surface area contributed by atoms with E-state index in [4.69, 9.17) is 4.99 Å². The van der Waals surface area contributed by atoms with E-state index < -0.39 is 0 Å². The molecule has 0 saturated heterocycles. The van der Waals surface area contributed by atoms with Gasteiger partial charge >= 0.3 is 0 Å². The number of hydrogen-bond acceptors (Lipinski definition) is 4. The molecule has 1 aromatic heterocycles. The van der Waals surface area contributed by atoms with Gasteiger partial charge in [-0.15, -0.1) is 24.0 Å². The number of guanidine groups is 1. The lowest BCUT2D eigenvalue weighted by Crippen LogP contribution is -2.48. The largest absolute Gasteiger partial charge is 0.357 e. The van der Waals surface area contributed by atoms with Gasteiger partial charge in [0.05, 0.1) is 13.1 Å². The Hall–Kier alpha value is -1.68. The van der Waals surface area contributed by atoms with Crippen molar-refractivity contribution in [2.75, 3.05) is 20.1 Å². The number of aromatic nitrogens is 3. The molecule has 3 rings (SSSR count). The summed E-state index contributed by atoms with van der Waals surface area (Å²) in [5.74, 6) is 1.83. The van der Waals surface area contributed by atoms with Crippen LogP contribution >= 0.6 is 24.0 Å². The zero-order valence-corrected chi connectivity index (χ0v) is 21.0. The summed E-state index contributed by atoms with van der Waals surface area (Å²) in [7, 11) is 3.97. The van der Waals surface area contributed by atoms with Gasteiger partial charge in [-0.05, 0) is 32.3 Å². The van der Waals surface area contributed by atoms with E-state index in [0.717, 1.165) is 24.9 Å². The Morgan fingerprint density at radius 2 is 1.97 bits per heavy atom. The highest BCUT2D eigenvalue weighted by atomic mass is 127. The molecule has 0 aliphatic heterocycles. The van der Waals surface area contributed by atoms with E-state index in [2.05, 4.69) is 76.8 Å². The molecule has 7 nitrogen and oxygen atoms in total. The van der Waals surface area contributed by atoms with Crippen molar-refractivity contribution in [3.05, 3.63) is 48.0 Å². The van der Waals surface area contributed by atoms with Crippen molar-refractivity contribution in [1.82, 2.24) is 30.3 Å². The molecule has 1 atom stereocenters. The molecule has 1 aliphatic carbocycles. The smallest absolute Gasteiger partial charge is 0.194 e. The van der Waals surface area contributed by atoms with Gasteiger partial charge in [-0.2, -0.15) is 5.10 Å². The molecule has 166 valence electrons. The fourth-order valence-electron chi connectivity index (χ4n) is 4.13. The molecule has 2 aromatic rings. The van der Waals surface area contributed by atoms with E-state index in [1.165, 1.54) is 31.2 Å². The molecule has 1 heterocycles. The Labute approximate surface area is 197 Å². The topological polar surface area (TPSA) is 70.4 Å². The maximum Gasteiger partial charge on any atom is 0.194 e. The predicted octanol–water partition coefficient (Wildman–Crippen LogP) is 3.49. The minimum atomic E-state index is 0. The number of nitrogens with zero attached hydrogens (tertiary/aromatic N) is 5. The summed E-state index contributed by atoms with van der Waals surface area (Å²) in [5, 5.41) is 11.5. The first kappa shape index (κ1) is 24.6. The molecule has 0 bridgehead atoms. The number of benzene rings is 1. The van der Waals surface area contributed by atoms with Gasteiger partial charge in [0, 0.05) is 32.2 Å². The second-order valence-electron chi connectivity index (χ2n) is 8.09. The van der Waals surface area contributed by atoms with Gasteiger partial charge in [-0.3, -0.25) is 9.67 Å². The summed E-state index contributed by atoms with van der Waals surface area (Å²) in [5.41, 5.74) is 1.38. The third-order valence-corrected chi connectivity index (χ3v) is 5.79. The van der Waals surface area contributed by atoms with Gasteiger partial charge in [-0.25, -0.2) is 4.98 Å². The van der Waals surface area contributed by atoms with Crippen LogP contribution in [0.3, 0.4) is 0 Å². The third kappa shape index (κ3) is 6.41. The van der Waals surface area contributed by atoms with Gasteiger partial charge in [0.25, 0.3) is 0 Å². The average molecular weight is 525 g/mol. The molecule has 1 unspecified atom stereocenters. The van der Waals surface area contributed by atoms with E-state index in [-0.39, 0.29) is 29.5 Å². The highest BCUT2D eigenvalue weighted by molar-refractivity contribution is 14.0. The summed E-state index contributed by atoms with van der Waals surface area (Å²) in [4.78, 5) is 11.5. The van der Waals surface area contributed by atoms with Crippen molar-refractivity contribution < 1.29 is 0 Å². The van der Waals surface area contributed by atoms with Gasteiger partial charge in [0.1, 0.15) is 12.2 Å². The van der Waals surface area contributed by atoms with E-state index in [1.54, 1.807) is 6.33 Å². The maximum absolute atomic E-state index is 5.04. The number of nitrogens with one attached hydrogen (secondary N) is 2. The third-order valence-electron chi connectivity index (χ3n) is 5.79. The van der Waals surface area contributed by atoms with E-state index in [9.17, 15) is 0 Å². The Balaban J connectivity index is 0.00000320. The second kappa shape index (κ2) is 11.6. The van der Waals surface area contributed by atoms with Crippen LogP contribution in [0.2, 0.25) is 0 Å². The minimum absolute atomic E-state index is 0. The normalized spacial score (nSPS) is 16.7. The predicted molar refractivity (Wildman–Crippen MR) is 133 cm³/mol. The van der Waals surface area contributed by atoms with Gasteiger partial charge in [-0.1, -0.05) is 43.2 Å². The van der Waals surface area contributed by atoms with Crippen molar-refractivity contribution in [3.63, 3.8) is 0 Å². The van der Waals surface area contributed by atoms with Crippen LogP contribution in [0.1, 0.15) is 57.0 Å². The van der Waals surface area contributed by atoms with E-state index in [0.29, 0.717) is 12.6 Å². The Morgan fingerprint density at radius 1 is 1.27 bits per heavy atom. The fraction of sp³-hybridized carbons (Fsp3) is 0.591. The van der Waals surface area contributed by atoms with Gasteiger partial charge in [0.15, 0.2) is 5.96 Å². The van der Waals surface area contributed by atoms with Crippen LogP contribution in [-0.4, -0.2) is 51.3 Å². The molecule has 1 aromatic carbocycles. The summed E-state index contributed by atoms with van der Waals surface area (Å²) in [6, 6.07) is 11.0. The first-order valence-electron chi connectivity index (χ1n) is 10.7. The van der Waals surface area contributed by atoms with Crippen molar-refractivity contribution >= 4 is 29.9 Å². The molecule has 0 spiro atoms. The molecule has 1 aliphatic rings. The number of halogens is 1. The molecule has 0 amide bonds. The molecule has 1 saturated carbocycles. The van der Waals surface area contributed by atoms with Crippen LogP contribution in [0, 0.1) is 0 Å². The highest BCUT2D eigenvalue weighted by Gasteiger charge is 2.35.